The molecule has 0 aromatic heterocycles. The van der Waals surface area contributed by atoms with Gasteiger partial charge in [0.2, 0.25) is 0 Å². The van der Waals surface area contributed by atoms with Gasteiger partial charge in [-0.1, -0.05) is 36.4 Å². The molecule has 0 fully saturated rings. The van der Waals surface area contributed by atoms with Crippen LogP contribution in [0.15, 0.2) is 58.3 Å². The largest absolute Gasteiger partial charge is 0.465 e. The predicted octanol–water partition coefficient (Wildman–Crippen LogP) is 3.28. The Bertz CT molecular complexity index is 862. The van der Waals surface area contributed by atoms with Gasteiger partial charge in [0, 0.05) is 24.0 Å². The molecule has 6 nitrogen and oxygen atoms in total. The van der Waals surface area contributed by atoms with Gasteiger partial charge >= 0.3 is 11.9 Å². The van der Waals surface area contributed by atoms with Crippen LogP contribution >= 0.6 is 10.5 Å². The number of hydrogen-bond acceptors (Lipinski definition) is 6. The molecule has 0 spiro atoms. The maximum atomic E-state index is 12.6. The summed E-state index contributed by atoms with van der Waals surface area (Å²) >= 11 is 0. The molecule has 0 bridgehead atoms. The van der Waals surface area contributed by atoms with Crippen molar-refractivity contribution in [2.75, 3.05) is 28.4 Å². The minimum Gasteiger partial charge on any atom is -0.465 e. The Hall–Kier alpha value is -2.48. The Morgan fingerprint density at radius 3 is 1.46 bits per heavy atom. The van der Waals surface area contributed by atoms with Crippen LogP contribution in [-0.2, 0) is 28.5 Å². The maximum absolute atomic E-state index is 12.6. The first-order valence-electron chi connectivity index (χ1n) is 8.60. The van der Waals surface area contributed by atoms with E-state index >= 15 is 0 Å². The average Bonchev–Trinajstić information content (AvgIpc) is 2.86. The second kappa shape index (κ2) is 8.68. The molecule has 0 amide bonds. The number of esters is 2. The van der Waals surface area contributed by atoms with Gasteiger partial charge in [-0.2, -0.15) is 0 Å². The van der Waals surface area contributed by atoms with Crippen LogP contribution in [0, 0.1) is 0 Å². The third-order valence-corrected chi connectivity index (χ3v) is 6.98. The van der Waals surface area contributed by atoms with E-state index < -0.39 is 34.6 Å². The predicted molar refractivity (Wildman–Crippen MR) is 106 cm³/mol. The lowest BCUT2D eigenvalue weighted by Gasteiger charge is -2.25. The lowest BCUT2D eigenvalue weighted by atomic mass is 9.98. The average molecular weight is 402 g/mol. The molecule has 28 heavy (non-hydrogen) atoms. The summed E-state index contributed by atoms with van der Waals surface area (Å²) in [5.41, 5.74) is 1.70. The topological polar surface area (TPSA) is 71.1 Å². The fourth-order valence-corrected chi connectivity index (χ4v) is 5.85. The van der Waals surface area contributed by atoms with Gasteiger partial charge in [-0.05, 0) is 23.3 Å². The van der Waals surface area contributed by atoms with Crippen molar-refractivity contribution in [3.05, 3.63) is 59.7 Å². The minimum atomic E-state index is -1.05. The van der Waals surface area contributed by atoms with E-state index in [0.717, 1.165) is 20.9 Å². The fourth-order valence-electron chi connectivity index (χ4n) is 3.40. The maximum Gasteiger partial charge on any atom is 0.351 e. The van der Waals surface area contributed by atoms with Crippen LogP contribution in [0.25, 0.3) is 0 Å². The monoisotopic (exact) mass is 402 g/mol. The number of benzene rings is 2. The van der Waals surface area contributed by atoms with Crippen molar-refractivity contribution in [3.63, 3.8) is 0 Å². The van der Waals surface area contributed by atoms with Gasteiger partial charge < -0.3 is 18.9 Å². The van der Waals surface area contributed by atoms with Crippen molar-refractivity contribution in [1.82, 2.24) is 0 Å². The van der Waals surface area contributed by atoms with Crippen molar-refractivity contribution >= 4 is 27.3 Å². The first-order valence-corrected chi connectivity index (χ1v) is 9.82. The van der Waals surface area contributed by atoms with Gasteiger partial charge in [0.25, 0.3) is 0 Å². The summed E-state index contributed by atoms with van der Waals surface area (Å²) in [6.45, 7) is 0. The van der Waals surface area contributed by atoms with Crippen LogP contribution in [0.4, 0.5) is 0 Å². The van der Waals surface area contributed by atoms with Crippen molar-refractivity contribution in [3.8, 4) is 0 Å². The lowest BCUT2D eigenvalue weighted by Crippen LogP contribution is -2.27. The standard InChI is InChI=1S/C21H22O6S/c1-24-17-13-9-5-7-11-15(13)28(19(20(22)26-3)21(23)27-4)16-12-8-6-10-14(16)18(17)25-2/h5-12,17-18H,1-4H3/t17-,18-/m1/s1. The van der Waals surface area contributed by atoms with Crippen molar-refractivity contribution in [2.24, 2.45) is 0 Å². The molecular weight excluding hydrogens is 380 g/mol. The van der Waals surface area contributed by atoms with Crippen LogP contribution in [0.1, 0.15) is 23.3 Å². The van der Waals surface area contributed by atoms with Gasteiger partial charge in [-0.15, -0.1) is 10.5 Å². The molecule has 1 aliphatic heterocycles. The van der Waals surface area contributed by atoms with Crippen LogP contribution in [-0.4, -0.2) is 45.2 Å². The molecule has 0 saturated heterocycles. The van der Waals surface area contributed by atoms with Crippen molar-refractivity contribution in [1.29, 1.82) is 0 Å². The summed E-state index contributed by atoms with van der Waals surface area (Å²) in [6.07, 6.45) is -0.812. The lowest BCUT2D eigenvalue weighted by molar-refractivity contribution is -0.137. The second-order valence-electron chi connectivity index (χ2n) is 6.01. The molecular formula is C21H22O6S. The Balaban J connectivity index is 2.50. The Morgan fingerprint density at radius 1 is 0.714 bits per heavy atom. The SMILES string of the molecule is COC(=O)C(C(=O)OC)=S1c2ccccc2[C@@H](OC)[C@H](OC)c2ccccc21. The highest BCUT2D eigenvalue weighted by atomic mass is 32.2. The van der Waals surface area contributed by atoms with Crippen LogP contribution in [0.5, 0.6) is 0 Å². The number of methoxy groups -OCH3 is 4. The molecule has 0 aliphatic carbocycles. The second-order valence-corrected chi connectivity index (χ2v) is 7.91. The van der Waals surface area contributed by atoms with Gasteiger partial charge in [0.1, 0.15) is 12.2 Å². The van der Waals surface area contributed by atoms with Gasteiger partial charge in [0.05, 0.1) is 14.2 Å². The zero-order chi connectivity index (χ0) is 20.3. The highest BCUT2D eigenvalue weighted by molar-refractivity contribution is 8.18. The number of carbonyl (C=O) groups excluding carboxylic acids is 2. The third kappa shape index (κ3) is 3.37. The van der Waals surface area contributed by atoms with E-state index in [-0.39, 0.29) is 4.86 Å². The molecule has 2 aromatic rings. The molecule has 7 heteroatoms. The number of carbonyl (C=O) groups is 2. The number of hydrogen-bond donors (Lipinski definition) is 0. The summed E-state index contributed by atoms with van der Waals surface area (Å²) in [7, 11) is 4.69. The quantitative estimate of drug-likeness (QED) is 0.444. The third-order valence-electron chi connectivity index (χ3n) is 4.62. The van der Waals surface area contributed by atoms with E-state index in [0.29, 0.717) is 0 Å². The molecule has 0 radical (unpaired) electrons. The number of ether oxygens (including phenoxy) is 4. The first-order chi connectivity index (χ1) is 13.6. The number of rotatable bonds is 4. The van der Waals surface area contributed by atoms with Gasteiger partial charge in [0.15, 0.2) is 4.86 Å². The van der Waals surface area contributed by atoms with Crippen molar-refractivity contribution in [2.45, 2.75) is 22.0 Å². The fraction of sp³-hybridized carbons (Fsp3) is 0.286. The molecule has 1 heterocycles. The highest BCUT2D eigenvalue weighted by Gasteiger charge is 2.37. The normalized spacial score (nSPS) is 18.4. The van der Waals surface area contributed by atoms with E-state index in [1.165, 1.54) is 14.2 Å². The van der Waals surface area contributed by atoms with Gasteiger partial charge in [-0.25, -0.2) is 9.59 Å². The van der Waals surface area contributed by atoms with E-state index in [2.05, 4.69) is 0 Å². The summed E-state index contributed by atoms with van der Waals surface area (Å²) < 4.78 is 21.5. The smallest absolute Gasteiger partial charge is 0.351 e. The molecule has 1 aliphatic rings. The number of fused-ring (bicyclic) bond motifs is 2. The van der Waals surface area contributed by atoms with Crippen LogP contribution < -0.4 is 0 Å². The van der Waals surface area contributed by atoms with E-state index in [4.69, 9.17) is 18.9 Å². The molecule has 3 rings (SSSR count). The minimum absolute atomic E-state index is 0.0588. The van der Waals surface area contributed by atoms with E-state index in [9.17, 15) is 9.59 Å². The Morgan fingerprint density at radius 2 is 1.11 bits per heavy atom. The zero-order valence-corrected chi connectivity index (χ0v) is 16.9. The Labute approximate surface area is 166 Å². The van der Waals surface area contributed by atoms with E-state index in [1.807, 2.05) is 48.5 Å². The molecule has 2 atom stereocenters. The van der Waals surface area contributed by atoms with Crippen LogP contribution in [0.2, 0.25) is 0 Å². The van der Waals surface area contributed by atoms with Crippen LogP contribution in [0.3, 0.4) is 0 Å². The summed E-state index contributed by atoms with van der Waals surface area (Å²) in [5, 5.41) is 0. The Kier molecular flexibility index (Phi) is 6.28. The highest BCUT2D eigenvalue weighted by Crippen LogP contribution is 2.52. The molecule has 2 aromatic carbocycles. The summed E-state index contributed by atoms with van der Waals surface area (Å²) in [5.74, 6) is -1.44. The molecule has 0 saturated carbocycles. The summed E-state index contributed by atoms with van der Waals surface area (Å²) in [4.78, 5) is 26.8. The first kappa shape index (κ1) is 20.3. The molecule has 0 unspecified atom stereocenters. The van der Waals surface area contributed by atoms with E-state index in [1.54, 1.807) is 14.2 Å². The molecule has 148 valence electrons. The van der Waals surface area contributed by atoms with Crippen molar-refractivity contribution < 1.29 is 28.5 Å². The zero-order valence-electron chi connectivity index (χ0n) is 16.1. The molecule has 0 N–H and O–H groups in total. The van der Waals surface area contributed by atoms with Gasteiger partial charge in [-0.3, -0.25) is 0 Å². The summed E-state index contributed by atoms with van der Waals surface area (Å²) in [6, 6.07) is 15.2.